The third-order valence-electron chi connectivity index (χ3n) is 1.84. The van der Waals surface area contributed by atoms with E-state index in [-0.39, 0.29) is 0 Å². The average Bonchev–Trinajstić information content (AvgIpc) is 2.51. The van der Waals surface area contributed by atoms with Crippen LogP contribution in [0.1, 0.15) is 11.6 Å². The number of furan rings is 1. The molecule has 0 saturated heterocycles. The Morgan fingerprint density at radius 3 is 2.75 bits per heavy atom. The average molecular weight is 168 g/mol. The van der Waals surface area contributed by atoms with Crippen LogP contribution in [0.25, 0.3) is 0 Å². The van der Waals surface area contributed by atoms with Crippen molar-refractivity contribution in [2.24, 2.45) is 0 Å². The second-order valence-corrected chi connectivity index (χ2v) is 3.16. The number of likely N-dealkylation sites (N-methyl/N-ethyl adjacent to an activating group) is 2. The maximum absolute atomic E-state index is 5.02. The summed E-state index contributed by atoms with van der Waals surface area (Å²) >= 11 is 0. The Balaban J connectivity index is 2.57. The molecule has 0 aliphatic rings. The van der Waals surface area contributed by atoms with E-state index in [4.69, 9.17) is 4.42 Å². The monoisotopic (exact) mass is 168 g/mol. The number of hydrogen-bond donors (Lipinski definition) is 1. The van der Waals surface area contributed by atoms with E-state index in [0.29, 0.717) is 6.04 Å². The van der Waals surface area contributed by atoms with Gasteiger partial charge in [0.15, 0.2) is 0 Å². The van der Waals surface area contributed by atoms with Crippen LogP contribution >= 0.6 is 0 Å². The predicted octanol–water partition coefficient (Wildman–Crippen LogP) is 1.10. The highest BCUT2D eigenvalue weighted by Gasteiger charge is 2.10. The lowest BCUT2D eigenvalue weighted by Gasteiger charge is -2.18. The SMILES string of the molecule is CNC(CN(C)C)c1ccoc1. The maximum atomic E-state index is 5.02. The van der Waals surface area contributed by atoms with Crippen LogP contribution in [-0.4, -0.2) is 32.6 Å². The van der Waals surface area contributed by atoms with Crippen molar-refractivity contribution in [3.63, 3.8) is 0 Å². The summed E-state index contributed by atoms with van der Waals surface area (Å²) in [6.45, 7) is 0.982. The minimum Gasteiger partial charge on any atom is -0.472 e. The molecule has 0 fully saturated rings. The van der Waals surface area contributed by atoms with Gasteiger partial charge in [0.1, 0.15) is 0 Å². The van der Waals surface area contributed by atoms with Crippen molar-refractivity contribution >= 4 is 0 Å². The van der Waals surface area contributed by atoms with E-state index >= 15 is 0 Å². The summed E-state index contributed by atoms with van der Waals surface area (Å²) in [7, 11) is 6.08. The molecule has 0 aromatic carbocycles. The minimum absolute atomic E-state index is 0.360. The van der Waals surface area contributed by atoms with E-state index in [1.165, 1.54) is 5.56 Å². The van der Waals surface area contributed by atoms with Gasteiger partial charge in [-0.25, -0.2) is 0 Å². The Morgan fingerprint density at radius 1 is 1.58 bits per heavy atom. The molecule has 0 saturated carbocycles. The van der Waals surface area contributed by atoms with E-state index < -0.39 is 0 Å². The molecule has 1 heterocycles. The van der Waals surface area contributed by atoms with Crippen LogP contribution in [0.15, 0.2) is 23.0 Å². The maximum Gasteiger partial charge on any atom is 0.0950 e. The van der Waals surface area contributed by atoms with E-state index in [1.54, 1.807) is 12.5 Å². The van der Waals surface area contributed by atoms with Gasteiger partial charge in [-0.1, -0.05) is 0 Å². The van der Waals surface area contributed by atoms with Crippen molar-refractivity contribution in [1.82, 2.24) is 10.2 Å². The summed E-state index contributed by atoms with van der Waals surface area (Å²) in [4.78, 5) is 2.15. The van der Waals surface area contributed by atoms with E-state index in [2.05, 4.69) is 24.3 Å². The van der Waals surface area contributed by atoms with Gasteiger partial charge in [0.2, 0.25) is 0 Å². The predicted molar refractivity (Wildman–Crippen MR) is 49.1 cm³/mol. The molecule has 3 nitrogen and oxygen atoms in total. The van der Waals surface area contributed by atoms with E-state index in [0.717, 1.165) is 6.54 Å². The Kier molecular flexibility index (Phi) is 3.31. The standard InChI is InChI=1S/C9H16N2O/c1-10-9(6-11(2)3)8-4-5-12-7-8/h4-5,7,9-10H,6H2,1-3H3. The number of hydrogen-bond acceptors (Lipinski definition) is 3. The van der Waals surface area contributed by atoms with E-state index in [9.17, 15) is 0 Å². The normalized spacial score (nSPS) is 13.7. The summed E-state index contributed by atoms with van der Waals surface area (Å²) in [6, 6.07) is 2.35. The molecule has 68 valence electrons. The Labute approximate surface area is 73.4 Å². The number of nitrogens with zero attached hydrogens (tertiary/aromatic N) is 1. The van der Waals surface area contributed by atoms with Gasteiger partial charge in [0.25, 0.3) is 0 Å². The highest BCUT2D eigenvalue weighted by molar-refractivity contribution is 5.11. The van der Waals surface area contributed by atoms with Crippen LogP contribution in [-0.2, 0) is 0 Å². The van der Waals surface area contributed by atoms with Crippen molar-refractivity contribution in [3.05, 3.63) is 24.2 Å². The molecule has 0 amide bonds. The summed E-state index contributed by atoms with van der Waals surface area (Å²) in [5.74, 6) is 0. The first-order valence-electron chi connectivity index (χ1n) is 4.08. The largest absolute Gasteiger partial charge is 0.472 e. The zero-order valence-electron chi connectivity index (χ0n) is 7.87. The van der Waals surface area contributed by atoms with Gasteiger partial charge in [-0.15, -0.1) is 0 Å². The zero-order valence-corrected chi connectivity index (χ0v) is 7.87. The van der Waals surface area contributed by atoms with Gasteiger partial charge < -0.3 is 14.6 Å². The van der Waals surface area contributed by atoms with Gasteiger partial charge in [-0.3, -0.25) is 0 Å². The van der Waals surface area contributed by atoms with Crippen LogP contribution in [0, 0.1) is 0 Å². The third-order valence-corrected chi connectivity index (χ3v) is 1.84. The Hall–Kier alpha value is -0.800. The van der Waals surface area contributed by atoms with Gasteiger partial charge in [0, 0.05) is 18.2 Å². The highest BCUT2D eigenvalue weighted by atomic mass is 16.3. The molecule has 0 aliphatic carbocycles. The van der Waals surface area contributed by atoms with Gasteiger partial charge in [0.05, 0.1) is 12.5 Å². The fraction of sp³-hybridized carbons (Fsp3) is 0.556. The molecule has 3 heteroatoms. The van der Waals surface area contributed by atoms with Crippen molar-refractivity contribution in [1.29, 1.82) is 0 Å². The molecular weight excluding hydrogens is 152 g/mol. The summed E-state index contributed by atoms with van der Waals surface area (Å²) in [5, 5.41) is 3.23. The van der Waals surface area contributed by atoms with Crippen LogP contribution in [0.2, 0.25) is 0 Å². The minimum atomic E-state index is 0.360. The molecule has 12 heavy (non-hydrogen) atoms. The molecular formula is C9H16N2O. The van der Waals surface area contributed by atoms with Crippen molar-refractivity contribution in [2.45, 2.75) is 6.04 Å². The lowest BCUT2D eigenvalue weighted by atomic mass is 10.1. The first-order valence-corrected chi connectivity index (χ1v) is 4.08. The van der Waals surface area contributed by atoms with Crippen LogP contribution in [0.5, 0.6) is 0 Å². The van der Waals surface area contributed by atoms with Crippen LogP contribution in [0.4, 0.5) is 0 Å². The second kappa shape index (κ2) is 4.28. The molecule has 1 aromatic rings. The lowest BCUT2D eigenvalue weighted by molar-refractivity contribution is 0.351. The molecule has 1 unspecified atom stereocenters. The third kappa shape index (κ3) is 2.36. The highest BCUT2D eigenvalue weighted by Crippen LogP contribution is 2.12. The second-order valence-electron chi connectivity index (χ2n) is 3.16. The zero-order chi connectivity index (χ0) is 8.97. The number of nitrogens with one attached hydrogen (secondary N) is 1. The van der Waals surface area contributed by atoms with Gasteiger partial charge in [-0.05, 0) is 27.2 Å². The fourth-order valence-corrected chi connectivity index (χ4v) is 1.20. The number of rotatable bonds is 4. The molecule has 1 rings (SSSR count). The molecule has 1 atom stereocenters. The van der Waals surface area contributed by atoms with Crippen molar-refractivity contribution in [3.8, 4) is 0 Å². The van der Waals surface area contributed by atoms with Crippen molar-refractivity contribution in [2.75, 3.05) is 27.7 Å². The first kappa shape index (κ1) is 9.29. The summed E-state index contributed by atoms with van der Waals surface area (Å²) < 4.78 is 5.02. The smallest absolute Gasteiger partial charge is 0.0950 e. The fourth-order valence-electron chi connectivity index (χ4n) is 1.20. The Morgan fingerprint density at radius 2 is 2.33 bits per heavy atom. The first-order chi connectivity index (χ1) is 5.74. The van der Waals surface area contributed by atoms with Gasteiger partial charge >= 0.3 is 0 Å². The Bertz CT molecular complexity index is 206. The lowest BCUT2D eigenvalue weighted by Crippen LogP contribution is -2.28. The van der Waals surface area contributed by atoms with Gasteiger partial charge in [-0.2, -0.15) is 0 Å². The summed E-state index contributed by atoms with van der Waals surface area (Å²) in [6.07, 6.45) is 3.49. The quantitative estimate of drug-likeness (QED) is 0.729. The van der Waals surface area contributed by atoms with E-state index in [1.807, 2.05) is 13.1 Å². The molecule has 1 N–H and O–H groups in total. The molecule has 0 spiro atoms. The molecule has 0 bridgehead atoms. The van der Waals surface area contributed by atoms with Crippen LogP contribution < -0.4 is 5.32 Å². The summed E-state index contributed by atoms with van der Waals surface area (Å²) in [5.41, 5.74) is 1.20. The molecule has 0 aliphatic heterocycles. The topological polar surface area (TPSA) is 28.4 Å². The molecule has 1 aromatic heterocycles. The van der Waals surface area contributed by atoms with Crippen molar-refractivity contribution < 1.29 is 4.42 Å². The molecule has 0 radical (unpaired) electrons. The van der Waals surface area contributed by atoms with Crippen LogP contribution in [0.3, 0.4) is 0 Å².